The van der Waals surface area contributed by atoms with Crippen LogP contribution < -0.4 is 15.0 Å². The van der Waals surface area contributed by atoms with E-state index in [-0.39, 0.29) is 0 Å². The average molecular weight is 229 g/mol. The first-order valence-electron chi connectivity index (χ1n) is 4.82. The van der Waals surface area contributed by atoms with Crippen molar-refractivity contribution in [2.24, 2.45) is 0 Å². The number of nitrogens with one attached hydrogen (secondary N) is 1. The van der Waals surface area contributed by atoms with Crippen molar-refractivity contribution < 1.29 is 18.7 Å². The van der Waals surface area contributed by atoms with Crippen molar-refractivity contribution in [1.29, 1.82) is 0 Å². The summed E-state index contributed by atoms with van der Waals surface area (Å²) in [7, 11) is 4.54. The Hall–Kier alpha value is -1.33. The molecule has 5 heteroatoms. The molecule has 90 valence electrons. The largest absolute Gasteiger partial charge is 0.493 e. The lowest BCUT2D eigenvalue weighted by Crippen LogP contribution is -2.11. The van der Waals surface area contributed by atoms with Gasteiger partial charge in [0.1, 0.15) is 6.67 Å². The Morgan fingerprint density at radius 3 is 2.44 bits per heavy atom. The standard InChI is InChI=1S/C11H16FNO3/c1-14-10-5-8(7-13-16-3)4-9(6-12)11(10)15-2/h4-5,13H,6-7H2,1-3H3. The first kappa shape index (κ1) is 12.7. The van der Waals surface area contributed by atoms with E-state index in [9.17, 15) is 4.39 Å². The lowest BCUT2D eigenvalue weighted by Gasteiger charge is -2.13. The number of methoxy groups -OCH3 is 2. The Bertz CT molecular complexity index is 319. The van der Waals surface area contributed by atoms with E-state index in [1.165, 1.54) is 21.3 Å². The summed E-state index contributed by atoms with van der Waals surface area (Å²) < 4.78 is 23.0. The van der Waals surface area contributed by atoms with E-state index in [2.05, 4.69) is 5.48 Å². The van der Waals surface area contributed by atoms with Crippen LogP contribution in [0.25, 0.3) is 0 Å². The Balaban J connectivity index is 3.05. The van der Waals surface area contributed by atoms with Gasteiger partial charge in [-0.1, -0.05) is 0 Å². The van der Waals surface area contributed by atoms with Gasteiger partial charge in [0, 0.05) is 12.1 Å². The molecule has 0 unspecified atom stereocenters. The van der Waals surface area contributed by atoms with Crippen molar-refractivity contribution in [3.8, 4) is 11.5 Å². The highest BCUT2D eigenvalue weighted by atomic mass is 19.1. The summed E-state index contributed by atoms with van der Waals surface area (Å²) in [5, 5.41) is 0. The number of hydroxylamine groups is 1. The number of hydrogen-bond donors (Lipinski definition) is 1. The zero-order valence-corrected chi connectivity index (χ0v) is 9.67. The van der Waals surface area contributed by atoms with Crippen molar-refractivity contribution in [2.75, 3.05) is 21.3 Å². The van der Waals surface area contributed by atoms with Crippen LogP contribution in [0, 0.1) is 0 Å². The van der Waals surface area contributed by atoms with E-state index in [1.807, 2.05) is 0 Å². The first-order chi connectivity index (χ1) is 7.76. The molecule has 0 amide bonds. The van der Waals surface area contributed by atoms with E-state index in [1.54, 1.807) is 12.1 Å². The number of hydrogen-bond acceptors (Lipinski definition) is 4. The third-order valence-electron chi connectivity index (χ3n) is 2.18. The van der Waals surface area contributed by atoms with Gasteiger partial charge in [-0.15, -0.1) is 0 Å². The normalized spacial score (nSPS) is 10.2. The summed E-state index contributed by atoms with van der Waals surface area (Å²) in [6, 6.07) is 3.50. The molecule has 0 spiro atoms. The molecule has 0 fully saturated rings. The minimum atomic E-state index is -0.597. The van der Waals surface area contributed by atoms with Crippen LogP contribution in [0.15, 0.2) is 12.1 Å². The minimum absolute atomic E-state index is 0.436. The van der Waals surface area contributed by atoms with Crippen LogP contribution in [0.4, 0.5) is 4.39 Å². The van der Waals surface area contributed by atoms with Crippen molar-refractivity contribution in [3.63, 3.8) is 0 Å². The highest BCUT2D eigenvalue weighted by Gasteiger charge is 2.11. The molecule has 4 nitrogen and oxygen atoms in total. The average Bonchev–Trinajstić information content (AvgIpc) is 2.34. The summed E-state index contributed by atoms with van der Waals surface area (Å²) >= 11 is 0. The molecule has 1 N–H and O–H groups in total. The maximum absolute atomic E-state index is 12.8. The van der Waals surface area contributed by atoms with Crippen molar-refractivity contribution in [2.45, 2.75) is 13.2 Å². The molecule has 1 rings (SSSR count). The predicted molar refractivity (Wildman–Crippen MR) is 58.2 cm³/mol. The Kier molecular flexibility index (Phi) is 5.01. The van der Waals surface area contributed by atoms with Crippen LogP contribution in [-0.2, 0) is 18.1 Å². The molecule has 0 saturated carbocycles. The number of benzene rings is 1. The molecule has 0 aliphatic rings. The number of ether oxygens (including phenoxy) is 2. The van der Waals surface area contributed by atoms with Gasteiger partial charge in [-0.25, -0.2) is 4.39 Å². The fourth-order valence-corrected chi connectivity index (χ4v) is 1.46. The topological polar surface area (TPSA) is 39.7 Å². The van der Waals surface area contributed by atoms with E-state index in [0.29, 0.717) is 23.6 Å². The Labute approximate surface area is 94.3 Å². The molecular formula is C11H16FNO3. The van der Waals surface area contributed by atoms with Crippen molar-refractivity contribution >= 4 is 0 Å². The lowest BCUT2D eigenvalue weighted by molar-refractivity contribution is 0.0866. The fourth-order valence-electron chi connectivity index (χ4n) is 1.46. The van der Waals surface area contributed by atoms with Crippen molar-refractivity contribution in [3.05, 3.63) is 23.3 Å². The van der Waals surface area contributed by atoms with Crippen LogP contribution in [0.2, 0.25) is 0 Å². The second-order valence-corrected chi connectivity index (χ2v) is 3.15. The van der Waals surface area contributed by atoms with Gasteiger partial charge in [0.25, 0.3) is 0 Å². The van der Waals surface area contributed by atoms with Gasteiger partial charge in [-0.05, 0) is 17.7 Å². The van der Waals surface area contributed by atoms with Crippen LogP contribution in [0.5, 0.6) is 11.5 Å². The highest BCUT2D eigenvalue weighted by molar-refractivity contribution is 5.49. The Morgan fingerprint density at radius 1 is 1.19 bits per heavy atom. The molecule has 0 aliphatic heterocycles. The zero-order valence-electron chi connectivity index (χ0n) is 9.67. The smallest absolute Gasteiger partial charge is 0.166 e. The van der Waals surface area contributed by atoms with Crippen LogP contribution in [0.3, 0.4) is 0 Å². The Morgan fingerprint density at radius 2 is 1.94 bits per heavy atom. The van der Waals surface area contributed by atoms with Crippen molar-refractivity contribution in [1.82, 2.24) is 5.48 Å². The van der Waals surface area contributed by atoms with E-state index >= 15 is 0 Å². The summed E-state index contributed by atoms with van der Waals surface area (Å²) in [6.45, 7) is -0.121. The molecular weight excluding hydrogens is 213 g/mol. The highest BCUT2D eigenvalue weighted by Crippen LogP contribution is 2.33. The first-order valence-corrected chi connectivity index (χ1v) is 4.82. The van der Waals surface area contributed by atoms with Crippen LogP contribution >= 0.6 is 0 Å². The lowest BCUT2D eigenvalue weighted by atomic mass is 10.1. The van der Waals surface area contributed by atoms with Gasteiger partial charge >= 0.3 is 0 Å². The molecule has 0 aromatic heterocycles. The summed E-state index contributed by atoms with van der Waals surface area (Å²) in [6.07, 6.45) is 0. The molecule has 0 atom stereocenters. The van der Waals surface area contributed by atoms with E-state index in [0.717, 1.165) is 5.56 Å². The SMILES string of the molecule is CONCc1cc(CF)c(OC)c(OC)c1. The molecule has 0 heterocycles. The third-order valence-corrected chi connectivity index (χ3v) is 2.18. The summed E-state index contributed by atoms with van der Waals surface area (Å²) in [5.41, 5.74) is 4.02. The fraction of sp³-hybridized carbons (Fsp3) is 0.455. The van der Waals surface area contributed by atoms with Gasteiger partial charge in [-0.3, -0.25) is 0 Å². The molecule has 1 aromatic carbocycles. The second-order valence-electron chi connectivity index (χ2n) is 3.15. The van der Waals surface area contributed by atoms with Gasteiger partial charge in [-0.2, -0.15) is 5.48 Å². The predicted octanol–water partition coefficient (Wildman–Crippen LogP) is 1.82. The summed E-state index contributed by atoms with van der Waals surface area (Å²) in [4.78, 5) is 4.73. The van der Waals surface area contributed by atoms with E-state index < -0.39 is 6.67 Å². The molecule has 0 bridgehead atoms. The maximum Gasteiger partial charge on any atom is 0.166 e. The molecule has 1 aromatic rings. The molecule has 16 heavy (non-hydrogen) atoms. The molecule has 0 saturated heterocycles. The summed E-state index contributed by atoms with van der Waals surface area (Å²) in [5.74, 6) is 0.955. The molecule has 0 radical (unpaired) electrons. The number of rotatable bonds is 6. The third kappa shape index (κ3) is 2.84. The van der Waals surface area contributed by atoms with Crippen LogP contribution in [0.1, 0.15) is 11.1 Å². The van der Waals surface area contributed by atoms with Gasteiger partial charge in [0.05, 0.1) is 21.3 Å². The van der Waals surface area contributed by atoms with Gasteiger partial charge in [0.2, 0.25) is 0 Å². The van der Waals surface area contributed by atoms with E-state index in [4.69, 9.17) is 14.3 Å². The maximum atomic E-state index is 12.8. The minimum Gasteiger partial charge on any atom is -0.493 e. The van der Waals surface area contributed by atoms with Gasteiger partial charge in [0.15, 0.2) is 11.5 Å². The monoisotopic (exact) mass is 229 g/mol. The number of alkyl halides is 1. The molecule has 0 aliphatic carbocycles. The number of halogens is 1. The van der Waals surface area contributed by atoms with Crippen LogP contribution in [-0.4, -0.2) is 21.3 Å². The quantitative estimate of drug-likeness (QED) is 0.755. The van der Waals surface area contributed by atoms with Gasteiger partial charge < -0.3 is 14.3 Å². The zero-order chi connectivity index (χ0) is 12.0. The second kappa shape index (κ2) is 6.30.